The van der Waals surface area contributed by atoms with Gasteiger partial charge in [0.15, 0.2) is 0 Å². The summed E-state index contributed by atoms with van der Waals surface area (Å²) in [5.41, 5.74) is 7.09. The Labute approximate surface area is 114 Å². The molecule has 3 nitrogen and oxygen atoms in total. The Morgan fingerprint density at radius 2 is 2.06 bits per heavy atom. The van der Waals surface area contributed by atoms with E-state index in [4.69, 9.17) is 5.73 Å². The van der Waals surface area contributed by atoms with Crippen LogP contribution < -0.4 is 11.1 Å². The highest BCUT2D eigenvalue weighted by Gasteiger charge is 2.15. The van der Waals surface area contributed by atoms with Gasteiger partial charge in [-0.15, -0.1) is 11.8 Å². The van der Waals surface area contributed by atoms with Crippen LogP contribution in [0.5, 0.6) is 0 Å². The van der Waals surface area contributed by atoms with E-state index in [1.165, 1.54) is 0 Å². The first-order chi connectivity index (χ1) is 8.54. The molecule has 1 rings (SSSR count). The highest BCUT2D eigenvalue weighted by Crippen LogP contribution is 2.21. The Hall–Kier alpha value is -1.16. The molecular weight excluding hydrogens is 244 g/mol. The Bertz CT molecular complexity index is 395. The first-order valence-electron chi connectivity index (χ1n) is 6.31. The van der Waals surface area contributed by atoms with Crippen LogP contribution in [-0.4, -0.2) is 16.9 Å². The molecule has 0 heterocycles. The average Bonchev–Trinajstić information content (AvgIpc) is 2.38. The molecule has 4 heteroatoms. The molecule has 0 spiro atoms. The van der Waals surface area contributed by atoms with Gasteiger partial charge in [0.1, 0.15) is 0 Å². The van der Waals surface area contributed by atoms with Gasteiger partial charge in [-0.2, -0.15) is 0 Å². The molecule has 0 aliphatic carbocycles. The van der Waals surface area contributed by atoms with Crippen LogP contribution in [0.25, 0.3) is 0 Å². The Morgan fingerprint density at radius 3 is 2.67 bits per heavy atom. The minimum absolute atomic E-state index is 0.0150. The van der Waals surface area contributed by atoms with E-state index in [0.717, 1.165) is 12.2 Å². The maximum Gasteiger partial charge on any atom is 0.237 e. The number of rotatable bonds is 6. The van der Waals surface area contributed by atoms with Gasteiger partial charge in [-0.25, -0.2) is 0 Å². The lowest BCUT2D eigenvalue weighted by molar-refractivity contribution is -0.115. The summed E-state index contributed by atoms with van der Waals surface area (Å²) >= 11 is 1.69. The zero-order chi connectivity index (χ0) is 13.5. The number of nitrogens with one attached hydrogen (secondary N) is 1. The summed E-state index contributed by atoms with van der Waals surface area (Å²) in [6.45, 7) is 6.30. The first-order valence-corrected chi connectivity index (χ1v) is 7.36. The van der Waals surface area contributed by atoms with Crippen molar-refractivity contribution in [2.75, 3.05) is 16.8 Å². The second-order valence-electron chi connectivity index (χ2n) is 4.57. The minimum atomic E-state index is -0.0568. The lowest BCUT2D eigenvalue weighted by atomic mass is 10.2. The van der Waals surface area contributed by atoms with Crippen LogP contribution in [0.2, 0.25) is 0 Å². The third-order valence-electron chi connectivity index (χ3n) is 2.92. The predicted molar refractivity (Wildman–Crippen MR) is 80.9 cm³/mol. The van der Waals surface area contributed by atoms with E-state index in [1.54, 1.807) is 17.8 Å². The van der Waals surface area contributed by atoms with Crippen molar-refractivity contribution in [3.05, 3.63) is 24.3 Å². The molecule has 0 fully saturated rings. The molecule has 2 atom stereocenters. The molecule has 1 aromatic rings. The number of thioether (sulfide) groups is 1. The molecule has 0 radical (unpaired) electrons. The summed E-state index contributed by atoms with van der Waals surface area (Å²) in [7, 11) is 0. The van der Waals surface area contributed by atoms with Gasteiger partial charge < -0.3 is 11.1 Å². The number of amides is 1. The number of carbonyl (C=O) groups excluding carboxylic acids is 1. The number of hydrogen-bond donors (Lipinski definition) is 2. The fraction of sp³-hybridized carbons (Fsp3) is 0.500. The lowest BCUT2D eigenvalue weighted by Gasteiger charge is -2.15. The van der Waals surface area contributed by atoms with Crippen LogP contribution in [0.1, 0.15) is 27.2 Å². The zero-order valence-corrected chi connectivity index (χ0v) is 12.1. The van der Waals surface area contributed by atoms with Gasteiger partial charge in [-0.1, -0.05) is 32.4 Å². The molecule has 0 aliphatic rings. The van der Waals surface area contributed by atoms with Gasteiger partial charge in [-0.3, -0.25) is 4.79 Å². The molecule has 0 aromatic heterocycles. The van der Waals surface area contributed by atoms with E-state index in [1.807, 2.05) is 25.1 Å². The summed E-state index contributed by atoms with van der Waals surface area (Å²) in [5.74, 6) is 1.67. The van der Waals surface area contributed by atoms with Crippen molar-refractivity contribution in [2.45, 2.75) is 32.4 Å². The summed E-state index contributed by atoms with van der Waals surface area (Å²) in [4.78, 5) is 12.0. The van der Waals surface area contributed by atoms with E-state index in [2.05, 4.69) is 19.2 Å². The molecule has 0 bridgehead atoms. The van der Waals surface area contributed by atoms with E-state index in [-0.39, 0.29) is 11.2 Å². The van der Waals surface area contributed by atoms with Crippen LogP contribution in [0, 0.1) is 5.92 Å². The van der Waals surface area contributed by atoms with Crippen LogP contribution in [0.3, 0.4) is 0 Å². The lowest BCUT2D eigenvalue weighted by Crippen LogP contribution is -2.23. The molecule has 18 heavy (non-hydrogen) atoms. The molecule has 0 aliphatic heterocycles. The van der Waals surface area contributed by atoms with Crippen molar-refractivity contribution in [3.8, 4) is 0 Å². The number of carbonyl (C=O) groups is 1. The van der Waals surface area contributed by atoms with E-state index in [0.29, 0.717) is 17.3 Å². The van der Waals surface area contributed by atoms with Gasteiger partial charge in [0, 0.05) is 0 Å². The van der Waals surface area contributed by atoms with Crippen LogP contribution >= 0.6 is 11.8 Å². The normalized spacial score (nSPS) is 13.9. The monoisotopic (exact) mass is 266 g/mol. The maximum absolute atomic E-state index is 12.0. The van der Waals surface area contributed by atoms with Gasteiger partial charge in [0.05, 0.1) is 16.6 Å². The number of nitrogen functional groups attached to an aromatic ring is 1. The van der Waals surface area contributed by atoms with Crippen LogP contribution in [0.4, 0.5) is 11.4 Å². The predicted octanol–water partition coefficient (Wildman–Crippen LogP) is 3.38. The molecule has 3 N–H and O–H groups in total. The fourth-order valence-electron chi connectivity index (χ4n) is 1.35. The smallest absolute Gasteiger partial charge is 0.237 e. The quantitative estimate of drug-likeness (QED) is 0.776. The van der Waals surface area contributed by atoms with E-state index >= 15 is 0 Å². The van der Waals surface area contributed by atoms with Crippen molar-refractivity contribution < 1.29 is 4.79 Å². The van der Waals surface area contributed by atoms with Crippen molar-refractivity contribution in [2.24, 2.45) is 5.92 Å². The SMILES string of the molecule is CCC(C)CSC(C)C(=O)Nc1ccccc1N. The van der Waals surface area contributed by atoms with E-state index in [9.17, 15) is 4.79 Å². The van der Waals surface area contributed by atoms with Gasteiger partial charge >= 0.3 is 0 Å². The topological polar surface area (TPSA) is 55.1 Å². The second kappa shape index (κ2) is 7.31. The Balaban J connectivity index is 2.48. The molecule has 1 amide bonds. The minimum Gasteiger partial charge on any atom is -0.397 e. The maximum atomic E-state index is 12.0. The number of nitrogens with two attached hydrogens (primary N) is 1. The number of anilines is 2. The highest BCUT2D eigenvalue weighted by molar-refractivity contribution is 8.00. The molecular formula is C14H22N2OS. The number of hydrogen-bond acceptors (Lipinski definition) is 3. The van der Waals surface area contributed by atoms with Crippen molar-refractivity contribution in [1.82, 2.24) is 0 Å². The van der Waals surface area contributed by atoms with Gasteiger partial charge in [0.25, 0.3) is 0 Å². The van der Waals surface area contributed by atoms with Crippen LogP contribution in [-0.2, 0) is 4.79 Å². The third-order valence-corrected chi connectivity index (χ3v) is 4.39. The van der Waals surface area contributed by atoms with Crippen LogP contribution in [0.15, 0.2) is 24.3 Å². The largest absolute Gasteiger partial charge is 0.397 e. The summed E-state index contributed by atoms with van der Waals surface area (Å²) < 4.78 is 0. The molecule has 1 aromatic carbocycles. The average molecular weight is 266 g/mol. The standard InChI is InChI=1S/C14H22N2OS/c1-4-10(2)9-18-11(3)14(17)16-13-8-6-5-7-12(13)15/h5-8,10-11H,4,9,15H2,1-3H3,(H,16,17). The fourth-order valence-corrected chi connectivity index (χ4v) is 2.41. The number of benzene rings is 1. The van der Waals surface area contributed by atoms with Gasteiger partial charge in [0.2, 0.25) is 5.91 Å². The Kier molecular flexibility index (Phi) is 6.05. The second-order valence-corrected chi connectivity index (χ2v) is 5.94. The molecule has 0 saturated heterocycles. The molecule has 0 saturated carbocycles. The zero-order valence-electron chi connectivity index (χ0n) is 11.3. The summed E-state index contributed by atoms with van der Waals surface area (Å²) in [6.07, 6.45) is 1.15. The molecule has 2 unspecified atom stereocenters. The summed E-state index contributed by atoms with van der Waals surface area (Å²) in [5, 5.41) is 2.81. The van der Waals surface area contributed by atoms with Crippen molar-refractivity contribution in [1.29, 1.82) is 0 Å². The van der Waals surface area contributed by atoms with E-state index < -0.39 is 0 Å². The molecule has 100 valence electrons. The summed E-state index contributed by atoms with van der Waals surface area (Å²) in [6, 6.07) is 7.32. The third kappa shape index (κ3) is 4.61. The highest BCUT2D eigenvalue weighted by atomic mass is 32.2. The first kappa shape index (κ1) is 14.9. The van der Waals surface area contributed by atoms with Gasteiger partial charge in [-0.05, 0) is 30.7 Å². The number of para-hydroxylation sites is 2. The van der Waals surface area contributed by atoms with Crippen molar-refractivity contribution in [3.63, 3.8) is 0 Å². The van der Waals surface area contributed by atoms with Crippen molar-refractivity contribution >= 4 is 29.0 Å². The Morgan fingerprint density at radius 1 is 1.39 bits per heavy atom.